The molecule has 2 heterocycles. The number of amides is 2. The van der Waals surface area contributed by atoms with Crippen LogP contribution < -0.4 is 10.1 Å². The third-order valence-electron chi connectivity index (χ3n) is 5.16. The average molecular weight is 392 g/mol. The summed E-state index contributed by atoms with van der Waals surface area (Å²) in [6, 6.07) is 15.2. The van der Waals surface area contributed by atoms with E-state index < -0.39 is 0 Å². The number of para-hydroxylation sites is 2. The highest BCUT2D eigenvalue weighted by Gasteiger charge is 2.29. The van der Waals surface area contributed by atoms with Crippen molar-refractivity contribution in [3.8, 4) is 17.1 Å². The Morgan fingerprint density at radius 2 is 2.00 bits per heavy atom. The van der Waals surface area contributed by atoms with Gasteiger partial charge in [0.25, 0.3) is 0 Å². The predicted molar refractivity (Wildman–Crippen MR) is 110 cm³/mol. The van der Waals surface area contributed by atoms with Crippen LogP contribution in [0.3, 0.4) is 0 Å². The summed E-state index contributed by atoms with van der Waals surface area (Å²) in [7, 11) is 1.59. The Kier molecular flexibility index (Phi) is 5.46. The summed E-state index contributed by atoms with van der Waals surface area (Å²) in [5.74, 6) is 1.82. The second-order valence-electron chi connectivity index (χ2n) is 7.24. The van der Waals surface area contributed by atoms with Crippen molar-refractivity contribution in [3.05, 3.63) is 60.0 Å². The number of methoxy groups -OCH3 is 1. The number of carbonyl (C=O) groups excluding carboxylic acids is 1. The number of likely N-dealkylation sites (tertiary alicyclic amines) is 1. The van der Waals surface area contributed by atoms with Gasteiger partial charge in [-0.15, -0.1) is 0 Å². The first-order valence-electron chi connectivity index (χ1n) is 9.73. The van der Waals surface area contributed by atoms with Crippen molar-refractivity contribution < 1.29 is 14.1 Å². The van der Waals surface area contributed by atoms with E-state index in [2.05, 4.69) is 15.5 Å². The topological polar surface area (TPSA) is 80.5 Å². The van der Waals surface area contributed by atoms with Gasteiger partial charge in [0.1, 0.15) is 5.75 Å². The Hall–Kier alpha value is -3.35. The largest absolute Gasteiger partial charge is 0.495 e. The standard InChI is InChI=1S/C22H24N4O3/c1-15-9-11-16(12-10-15)20-24-21(29-25-20)17-6-5-13-26(14-17)22(27)23-18-7-3-4-8-19(18)28-2/h3-4,7-12,17H,5-6,13-14H2,1-2H3,(H,23,27). The number of aromatic nitrogens is 2. The predicted octanol–water partition coefficient (Wildman–Crippen LogP) is 4.47. The molecule has 0 bridgehead atoms. The molecule has 0 spiro atoms. The second-order valence-corrected chi connectivity index (χ2v) is 7.24. The minimum atomic E-state index is -0.155. The Morgan fingerprint density at radius 1 is 1.21 bits per heavy atom. The zero-order valence-electron chi connectivity index (χ0n) is 16.6. The number of hydrogen-bond acceptors (Lipinski definition) is 5. The molecule has 1 unspecified atom stereocenters. The molecular formula is C22H24N4O3. The van der Waals surface area contributed by atoms with Crippen molar-refractivity contribution in [2.45, 2.75) is 25.7 Å². The number of ether oxygens (including phenoxy) is 1. The van der Waals surface area contributed by atoms with Crippen LogP contribution in [0.2, 0.25) is 0 Å². The smallest absolute Gasteiger partial charge is 0.321 e. The van der Waals surface area contributed by atoms with E-state index in [-0.39, 0.29) is 11.9 Å². The van der Waals surface area contributed by atoms with Crippen molar-refractivity contribution in [3.63, 3.8) is 0 Å². The molecule has 2 amide bonds. The van der Waals surface area contributed by atoms with Crippen LogP contribution in [0, 0.1) is 6.92 Å². The van der Waals surface area contributed by atoms with Crippen molar-refractivity contribution >= 4 is 11.7 Å². The summed E-state index contributed by atoms with van der Waals surface area (Å²) in [4.78, 5) is 19.1. The molecule has 1 aliphatic heterocycles. The molecule has 1 saturated heterocycles. The maximum absolute atomic E-state index is 12.8. The minimum absolute atomic E-state index is 0.0267. The molecule has 1 atom stereocenters. The summed E-state index contributed by atoms with van der Waals surface area (Å²) in [5, 5.41) is 7.06. The number of aryl methyl sites for hydroxylation is 1. The zero-order chi connectivity index (χ0) is 20.2. The summed E-state index contributed by atoms with van der Waals surface area (Å²) in [5.41, 5.74) is 2.76. The number of urea groups is 1. The van der Waals surface area contributed by atoms with Gasteiger partial charge in [-0.3, -0.25) is 0 Å². The molecule has 7 nitrogen and oxygen atoms in total. The number of carbonyl (C=O) groups is 1. The highest BCUT2D eigenvalue weighted by Crippen LogP contribution is 2.29. The van der Waals surface area contributed by atoms with Gasteiger partial charge in [0.15, 0.2) is 0 Å². The molecule has 0 aliphatic carbocycles. The van der Waals surface area contributed by atoms with E-state index in [1.165, 1.54) is 5.56 Å². The lowest BCUT2D eigenvalue weighted by atomic mass is 9.98. The summed E-state index contributed by atoms with van der Waals surface area (Å²) in [6.45, 7) is 3.27. The highest BCUT2D eigenvalue weighted by atomic mass is 16.5. The lowest BCUT2D eigenvalue weighted by molar-refractivity contribution is 0.184. The van der Waals surface area contributed by atoms with Gasteiger partial charge < -0.3 is 19.5 Å². The van der Waals surface area contributed by atoms with Crippen molar-refractivity contribution in [1.29, 1.82) is 0 Å². The average Bonchev–Trinajstić information content (AvgIpc) is 3.25. The number of piperidine rings is 1. The Morgan fingerprint density at radius 3 is 2.79 bits per heavy atom. The minimum Gasteiger partial charge on any atom is -0.495 e. The number of nitrogens with zero attached hydrogens (tertiary/aromatic N) is 3. The van der Waals surface area contributed by atoms with E-state index in [1.54, 1.807) is 12.0 Å². The summed E-state index contributed by atoms with van der Waals surface area (Å²) < 4.78 is 10.8. The van der Waals surface area contributed by atoms with E-state index in [0.29, 0.717) is 36.2 Å². The van der Waals surface area contributed by atoms with Crippen LogP contribution in [0.1, 0.15) is 30.2 Å². The van der Waals surface area contributed by atoms with Crippen LogP contribution in [0.5, 0.6) is 5.75 Å². The van der Waals surface area contributed by atoms with Crippen LogP contribution in [0.25, 0.3) is 11.4 Å². The third-order valence-corrected chi connectivity index (χ3v) is 5.16. The fourth-order valence-corrected chi connectivity index (χ4v) is 3.53. The second kappa shape index (κ2) is 8.34. The van der Waals surface area contributed by atoms with Gasteiger partial charge in [0.05, 0.1) is 18.7 Å². The summed E-state index contributed by atoms with van der Waals surface area (Å²) >= 11 is 0. The molecule has 0 radical (unpaired) electrons. The van der Waals surface area contributed by atoms with Gasteiger partial charge in [0.2, 0.25) is 11.7 Å². The fourth-order valence-electron chi connectivity index (χ4n) is 3.53. The van der Waals surface area contributed by atoms with E-state index in [1.807, 2.05) is 55.5 Å². The van der Waals surface area contributed by atoms with Gasteiger partial charge in [-0.2, -0.15) is 4.98 Å². The van der Waals surface area contributed by atoms with E-state index in [4.69, 9.17) is 9.26 Å². The Bertz CT molecular complexity index is 984. The normalized spacial score (nSPS) is 16.5. The van der Waals surface area contributed by atoms with Crippen LogP contribution >= 0.6 is 0 Å². The SMILES string of the molecule is COc1ccccc1NC(=O)N1CCCC(c2nc(-c3ccc(C)cc3)no2)C1. The van der Waals surface area contributed by atoms with Crippen molar-refractivity contribution in [2.75, 3.05) is 25.5 Å². The molecule has 2 aromatic carbocycles. The van der Waals surface area contributed by atoms with E-state index in [9.17, 15) is 4.79 Å². The lowest BCUT2D eigenvalue weighted by Gasteiger charge is -2.31. The van der Waals surface area contributed by atoms with Gasteiger partial charge in [0, 0.05) is 18.7 Å². The number of hydrogen-bond donors (Lipinski definition) is 1. The van der Waals surface area contributed by atoms with E-state index >= 15 is 0 Å². The maximum atomic E-state index is 12.8. The number of rotatable bonds is 4. The molecule has 1 N–H and O–H groups in total. The molecule has 4 rings (SSSR count). The number of anilines is 1. The van der Waals surface area contributed by atoms with Gasteiger partial charge >= 0.3 is 6.03 Å². The highest BCUT2D eigenvalue weighted by molar-refractivity contribution is 5.91. The van der Waals surface area contributed by atoms with Gasteiger partial charge in [-0.1, -0.05) is 47.1 Å². The molecule has 29 heavy (non-hydrogen) atoms. The molecule has 150 valence electrons. The first-order valence-corrected chi connectivity index (χ1v) is 9.73. The van der Waals surface area contributed by atoms with Gasteiger partial charge in [-0.25, -0.2) is 4.79 Å². The Labute approximate surface area is 169 Å². The molecular weight excluding hydrogens is 368 g/mol. The zero-order valence-corrected chi connectivity index (χ0v) is 16.6. The summed E-state index contributed by atoms with van der Waals surface area (Å²) in [6.07, 6.45) is 1.79. The quantitative estimate of drug-likeness (QED) is 0.709. The molecule has 3 aromatic rings. The Balaban J connectivity index is 1.44. The van der Waals surface area contributed by atoms with E-state index in [0.717, 1.165) is 18.4 Å². The first-order chi connectivity index (χ1) is 14.1. The maximum Gasteiger partial charge on any atom is 0.321 e. The number of benzene rings is 2. The van der Waals surface area contributed by atoms with Crippen LogP contribution in [0.4, 0.5) is 10.5 Å². The van der Waals surface area contributed by atoms with Crippen LogP contribution in [-0.2, 0) is 0 Å². The number of nitrogens with one attached hydrogen (secondary N) is 1. The molecule has 0 saturated carbocycles. The first kappa shape index (κ1) is 19.0. The van der Waals surface area contributed by atoms with Gasteiger partial charge in [-0.05, 0) is 31.9 Å². The van der Waals surface area contributed by atoms with Crippen molar-refractivity contribution in [1.82, 2.24) is 15.0 Å². The monoisotopic (exact) mass is 392 g/mol. The van der Waals surface area contributed by atoms with Crippen LogP contribution in [-0.4, -0.2) is 41.3 Å². The lowest BCUT2D eigenvalue weighted by Crippen LogP contribution is -2.41. The molecule has 1 fully saturated rings. The fraction of sp³-hybridized carbons (Fsp3) is 0.318. The van der Waals surface area contributed by atoms with Crippen LogP contribution in [0.15, 0.2) is 53.1 Å². The molecule has 1 aliphatic rings. The van der Waals surface area contributed by atoms with Crippen molar-refractivity contribution in [2.24, 2.45) is 0 Å². The molecule has 7 heteroatoms. The third kappa shape index (κ3) is 4.23. The molecule has 1 aromatic heterocycles.